The fourth-order valence-electron chi connectivity index (χ4n) is 2.15. The standard InChI is InChI=1S/C15H10F2N8O/c16-12(17)15-22-21-14(26-15)10-3-4-11(19-7-10)8-25-23-13(20-24-25)9-2-1-5-18-6-9/h1-7,12H,8H2. The van der Waals surface area contributed by atoms with Crippen molar-refractivity contribution in [2.24, 2.45) is 0 Å². The minimum absolute atomic E-state index is 0.0166. The summed E-state index contributed by atoms with van der Waals surface area (Å²) in [6.07, 6.45) is 1.95. The van der Waals surface area contributed by atoms with Gasteiger partial charge in [-0.25, -0.2) is 0 Å². The highest BCUT2D eigenvalue weighted by atomic mass is 19.3. The number of alkyl halides is 2. The Kier molecular flexibility index (Phi) is 4.09. The summed E-state index contributed by atoms with van der Waals surface area (Å²) < 4.78 is 29.9. The predicted octanol–water partition coefficient (Wildman–Crippen LogP) is 2.17. The van der Waals surface area contributed by atoms with Gasteiger partial charge < -0.3 is 4.42 Å². The number of halogens is 2. The van der Waals surface area contributed by atoms with Gasteiger partial charge in [-0.3, -0.25) is 9.97 Å². The van der Waals surface area contributed by atoms with Crippen LogP contribution in [0.2, 0.25) is 0 Å². The first-order valence-corrected chi connectivity index (χ1v) is 7.44. The van der Waals surface area contributed by atoms with Gasteiger partial charge in [-0.05, 0) is 29.5 Å². The van der Waals surface area contributed by atoms with Gasteiger partial charge in [-0.1, -0.05) is 0 Å². The van der Waals surface area contributed by atoms with Crippen molar-refractivity contribution in [3.05, 3.63) is 54.4 Å². The summed E-state index contributed by atoms with van der Waals surface area (Å²) in [4.78, 5) is 9.63. The number of hydrogen-bond acceptors (Lipinski definition) is 8. The van der Waals surface area contributed by atoms with E-state index in [1.54, 1.807) is 30.6 Å². The SMILES string of the molecule is FC(F)c1nnc(-c2ccc(Cn3nnc(-c4cccnc4)n3)nc2)o1. The van der Waals surface area contributed by atoms with Crippen LogP contribution in [-0.4, -0.2) is 40.4 Å². The molecule has 4 aromatic rings. The Morgan fingerprint density at radius 2 is 1.96 bits per heavy atom. The third-order valence-electron chi connectivity index (χ3n) is 3.37. The van der Waals surface area contributed by atoms with Crippen LogP contribution in [0.15, 0.2) is 47.3 Å². The molecule has 0 amide bonds. The molecule has 0 fully saturated rings. The second-order valence-corrected chi connectivity index (χ2v) is 5.17. The molecular formula is C15H10F2N8O. The van der Waals surface area contributed by atoms with E-state index in [0.717, 1.165) is 5.56 Å². The summed E-state index contributed by atoms with van der Waals surface area (Å²) in [5, 5.41) is 19.1. The van der Waals surface area contributed by atoms with Crippen LogP contribution in [0.4, 0.5) is 8.78 Å². The summed E-state index contributed by atoms with van der Waals surface area (Å²) in [6, 6.07) is 6.95. The monoisotopic (exact) mass is 356 g/mol. The topological polar surface area (TPSA) is 108 Å². The van der Waals surface area contributed by atoms with Crippen molar-refractivity contribution in [1.29, 1.82) is 0 Å². The van der Waals surface area contributed by atoms with Crippen LogP contribution in [0.1, 0.15) is 18.0 Å². The zero-order chi connectivity index (χ0) is 17.9. The molecule has 0 radical (unpaired) electrons. The van der Waals surface area contributed by atoms with Crippen molar-refractivity contribution in [2.45, 2.75) is 13.0 Å². The Labute approximate surface area is 144 Å². The Morgan fingerprint density at radius 3 is 2.65 bits per heavy atom. The molecule has 0 aliphatic rings. The number of pyridine rings is 2. The van der Waals surface area contributed by atoms with E-state index in [9.17, 15) is 8.78 Å². The van der Waals surface area contributed by atoms with Gasteiger partial charge in [-0.15, -0.1) is 20.4 Å². The maximum Gasteiger partial charge on any atom is 0.314 e. The Morgan fingerprint density at radius 1 is 1.04 bits per heavy atom. The highest BCUT2D eigenvalue weighted by molar-refractivity contribution is 5.51. The highest BCUT2D eigenvalue weighted by Gasteiger charge is 2.17. The molecule has 4 aromatic heterocycles. The van der Waals surface area contributed by atoms with Gasteiger partial charge in [0, 0.05) is 24.2 Å². The number of aromatic nitrogens is 8. The highest BCUT2D eigenvalue weighted by Crippen LogP contribution is 2.22. The van der Waals surface area contributed by atoms with Crippen LogP contribution in [-0.2, 0) is 6.54 Å². The molecule has 0 bridgehead atoms. The average Bonchev–Trinajstić information content (AvgIpc) is 3.33. The van der Waals surface area contributed by atoms with Crippen LogP contribution in [0, 0.1) is 0 Å². The van der Waals surface area contributed by atoms with E-state index in [2.05, 4.69) is 35.6 Å². The van der Waals surface area contributed by atoms with Crippen LogP contribution in [0.5, 0.6) is 0 Å². The molecule has 0 saturated heterocycles. The quantitative estimate of drug-likeness (QED) is 0.535. The van der Waals surface area contributed by atoms with E-state index in [0.29, 0.717) is 23.6 Å². The molecule has 9 nitrogen and oxygen atoms in total. The molecule has 0 saturated carbocycles. The van der Waals surface area contributed by atoms with E-state index in [1.807, 2.05) is 6.07 Å². The first-order chi connectivity index (χ1) is 12.7. The van der Waals surface area contributed by atoms with E-state index < -0.39 is 12.3 Å². The lowest BCUT2D eigenvalue weighted by atomic mass is 10.2. The van der Waals surface area contributed by atoms with E-state index in [-0.39, 0.29) is 5.89 Å². The molecule has 0 aliphatic heterocycles. The van der Waals surface area contributed by atoms with Gasteiger partial charge in [-0.2, -0.15) is 13.6 Å². The average molecular weight is 356 g/mol. The maximum atomic E-state index is 12.5. The first-order valence-electron chi connectivity index (χ1n) is 7.44. The number of hydrogen-bond donors (Lipinski definition) is 0. The Bertz CT molecular complexity index is 1000. The molecule has 0 atom stereocenters. The smallest absolute Gasteiger partial charge is 0.314 e. The van der Waals surface area contributed by atoms with E-state index in [4.69, 9.17) is 4.42 Å². The molecule has 4 heterocycles. The molecule has 0 spiro atoms. The third-order valence-corrected chi connectivity index (χ3v) is 3.37. The summed E-state index contributed by atoms with van der Waals surface area (Å²) in [7, 11) is 0. The van der Waals surface area contributed by atoms with Crippen LogP contribution >= 0.6 is 0 Å². The Hall–Kier alpha value is -3.63. The summed E-state index contributed by atoms with van der Waals surface area (Å²) in [5.41, 5.74) is 1.85. The van der Waals surface area contributed by atoms with Crippen molar-refractivity contribution >= 4 is 0 Å². The van der Waals surface area contributed by atoms with Crippen molar-refractivity contribution in [1.82, 2.24) is 40.4 Å². The Balaban J connectivity index is 1.48. The lowest BCUT2D eigenvalue weighted by Crippen LogP contribution is -2.05. The molecule has 4 rings (SSSR count). The predicted molar refractivity (Wildman–Crippen MR) is 82.6 cm³/mol. The molecule has 26 heavy (non-hydrogen) atoms. The summed E-state index contributed by atoms with van der Waals surface area (Å²) in [6.45, 7) is 0.291. The molecule has 0 aliphatic carbocycles. The van der Waals surface area contributed by atoms with Gasteiger partial charge >= 0.3 is 6.43 Å². The lowest BCUT2D eigenvalue weighted by molar-refractivity contribution is 0.116. The van der Waals surface area contributed by atoms with Crippen LogP contribution < -0.4 is 0 Å². The van der Waals surface area contributed by atoms with Gasteiger partial charge in [0.05, 0.1) is 11.3 Å². The van der Waals surface area contributed by atoms with E-state index >= 15 is 0 Å². The van der Waals surface area contributed by atoms with Gasteiger partial charge in [0.1, 0.15) is 6.54 Å². The van der Waals surface area contributed by atoms with Crippen molar-refractivity contribution < 1.29 is 13.2 Å². The van der Waals surface area contributed by atoms with Gasteiger partial charge in [0.15, 0.2) is 0 Å². The normalized spacial score (nSPS) is 11.2. The van der Waals surface area contributed by atoms with E-state index in [1.165, 1.54) is 11.0 Å². The fraction of sp³-hybridized carbons (Fsp3) is 0.133. The number of tetrazole rings is 1. The zero-order valence-corrected chi connectivity index (χ0v) is 13.1. The molecule has 0 aromatic carbocycles. The van der Waals surface area contributed by atoms with Gasteiger partial charge in [0.25, 0.3) is 5.89 Å². The van der Waals surface area contributed by atoms with Crippen LogP contribution in [0.25, 0.3) is 22.8 Å². The second kappa shape index (κ2) is 6.70. The fourth-order valence-corrected chi connectivity index (χ4v) is 2.15. The number of nitrogens with zero attached hydrogens (tertiary/aromatic N) is 8. The summed E-state index contributed by atoms with van der Waals surface area (Å²) >= 11 is 0. The minimum atomic E-state index is -2.81. The molecule has 0 unspecified atom stereocenters. The lowest BCUT2D eigenvalue weighted by Gasteiger charge is -2.00. The zero-order valence-electron chi connectivity index (χ0n) is 13.1. The molecule has 130 valence electrons. The molecule has 11 heteroatoms. The van der Waals surface area contributed by atoms with Crippen molar-refractivity contribution in [3.8, 4) is 22.8 Å². The molecular weight excluding hydrogens is 346 g/mol. The summed E-state index contributed by atoms with van der Waals surface area (Å²) in [5.74, 6) is -0.281. The van der Waals surface area contributed by atoms with Crippen molar-refractivity contribution in [3.63, 3.8) is 0 Å². The maximum absolute atomic E-state index is 12.5. The largest absolute Gasteiger partial charge is 0.415 e. The second-order valence-electron chi connectivity index (χ2n) is 5.17. The molecule has 0 N–H and O–H groups in total. The first kappa shape index (κ1) is 15.9. The van der Waals surface area contributed by atoms with Crippen molar-refractivity contribution in [2.75, 3.05) is 0 Å². The third kappa shape index (κ3) is 3.27. The van der Waals surface area contributed by atoms with Gasteiger partial charge in [0.2, 0.25) is 11.7 Å². The number of rotatable bonds is 5. The minimum Gasteiger partial charge on any atom is -0.415 e. The van der Waals surface area contributed by atoms with Crippen LogP contribution in [0.3, 0.4) is 0 Å².